The maximum Gasteiger partial charge on any atom is 0.187 e. The molecule has 11 nitrogen and oxygen atoms in total. The molecule has 41 heavy (non-hydrogen) atoms. The molecule has 2 aliphatic heterocycles. The van der Waals surface area contributed by atoms with Crippen LogP contribution in [0.2, 0.25) is 0 Å². The SMILES string of the molecule is CCCCC/C=C\C/C=C\CCCCCCCCO[C@@H]1[C@@H](O)[C@@H](O[C@H]2[C@H](O)[C@@H](O)[C@H](O)O[C@@H]2CO)O[C@H](CO)[C@H]1O. The summed E-state index contributed by atoms with van der Waals surface area (Å²) < 4.78 is 22.0. The van der Waals surface area contributed by atoms with Gasteiger partial charge in [-0.1, -0.05) is 69.8 Å². The molecule has 2 fully saturated rings. The highest BCUT2D eigenvalue weighted by molar-refractivity contribution is 4.95. The average molecular weight is 591 g/mol. The molecule has 0 radical (unpaired) electrons. The fraction of sp³-hybridized carbons (Fsp3) is 0.867. The Labute approximate surface area is 244 Å². The van der Waals surface area contributed by atoms with E-state index in [-0.39, 0.29) is 6.61 Å². The number of allylic oxidation sites excluding steroid dienone is 4. The maximum atomic E-state index is 10.8. The average Bonchev–Trinajstić information content (AvgIpc) is 2.97. The Morgan fingerprint density at radius 2 is 1.22 bits per heavy atom. The van der Waals surface area contributed by atoms with Gasteiger partial charge in [-0.3, -0.25) is 0 Å². The lowest BCUT2D eigenvalue weighted by Gasteiger charge is -2.46. The molecule has 2 aliphatic rings. The minimum atomic E-state index is -1.73. The van der Waals surface area contributed by atoms with Crippen molar-refractivity contribution in [2.75, 3.05) is 19.8 Å². The van der Waals surface area contributed by atoms with E-state index in [2.05, 4.69) is 31.2 Å². The van der Waals surface area contributed by atoms with Crippen LogP contribution in [0.5, 0.6) is 0 Å². The summed E-state index contributed by atoms with van der Waals surface area (Å²) in [5.74, 6) is 0. The minimum absolute atomic E-state index is 0.275. The van der Waals surface area contributed by atoms with Crippen LogP contribution in [0.25, 0.3) is 0 Å². The Bertz CT molecular complexity index is 719. The second-order valence-corrected chi connectivity index (χ2v) is 11.0. The molecule has 0 aromatic carbocycles. The zero-order valence-corrected chi connectivity index (χ0v) is 24.5. The lowest BCUT2D eigenvalue weighted by molar-refractivity contribution is -0.357. The first-order valence-electron chi connectivity index (χ1n) is 15.4. The first-order valence-corrected chi connectivity index (χ1v) is 15.4. The summed E-state index contributed by atoms with van der Waals surface area (Å²) in [5, 5.41) is 70.6. The van der Waals surface area contributed by atoms with E-state index in [1.165, 1.54) is 25.7 Å². The molecular weight excluding hydrogens is 536 g/mol. The summed E-state index contributed by atoms with van der Waals surface area (Å²) in [7, 11) is 0. The van der Waals surface area contributed by atoms with Crippen LogP contribution in [0.4, 0.5) is 0 Å². The van der Waals surface area contributed by atoms with Gasteiger partial charge in [0, 0.05) is 6.61 Å². The molecule has 0 unspecified atom stereocenters. The van der Waals surface area contributed by atoms with E-state index in [9.17, 15) is 35.7 Å². The van der Waals surface area contributed by atoms with Gasteiger partial charge in [-0.25, -0.2) is 0 Å². The van der Waals surface area contributed by atoms with Crippen LogP contribution in [0.3, 0.4) is 0 Å². The van der Waals surface area contributed by atoms with Crippen LogP contribution in [0.1, 0.15) is 84.0 Å². The zero-order chi connectivity index (χ0) is 30.0. The van der Waals surface area contributed by atoms with Crippen LogP contribution in [-0.4, -0.2) is 117 Å². The number of hydrogen-bond donors (Lipinski definition) is 7. The second kappa shape index (κ2) is 20.9. The van der Waals surface area contributed by atoms with Crippen LogP contribution < -0.4 is 0 Å². The monoisotopic (exact) mass is 590 g/mol. The fourth-order valence-electron chi connectivity index (χ4n) is 5.06. The molecule has 10 atom stereocenters. The Hall–Kier alpha value is -0.960. The smallest absolute Gasteiger partial charge is 0.187 e. The topological polar surface area (TPSA) is 179 Å². The van der Waals surface area contributed by atoms with Gasteiger partial charge in [-0.2, -0.15) is 0 Å². The largest absolute Gasteiger partial charge is 0.394 e. The van der Waals surface area contributed by atoms with E-state index >= 15 is 0 Å². The van der Waals surface area contributed by atoms with Gasteiger partial charge in [-0.05, 0) is 38.5 Å². The Morgan fingerprint density at radius 1 is 0.610 bits per heavy atom. The molecule has 0 aliphatic carbocycles. The van der Waals surface area contributed by atoms with E-state index in [0.29, 0.717) is 0 Å². The van der Waals surface area contributed by atoms with E-state index in [1.807, 2.05) is 0 Å². The molecule has 0 bridgehead atoms. The van der Waals surface area contributed by atoms with Crippen molar-refractivity contribution in [2.24, 2.45) is 0 Å². The highest BCUT2D eigenvalue weighted by Gasteiger charge is 2.50. The standard InChI is InChI=1S/C30H54O11/c1-2-3-4-5-6-7-8-9-10-11-12-13-14-15-16-17-18-38-28-23(33)21(19-31)40-30(26(28)36)41-27-22(20-32)39-29(37)25(35)24(27)34/h6-7,9-10,21-37H,2-5,8,11-20H2,1H3/b7-6-,10-9-/t21-,22-,23-,24-,25-,26-,27-,28+,29-,30-/m1/s1. The Morgan fingerprint density at radius 3 is 1.85 bits per heavy atom. The summed E-state index contributed by atoms with van der Waals surface area (Å²) in [4.78, 5) is 0. The normalized spacial score (nSPS) is 34.6. The van der Waals surface area contributed by atoms with Crippen molar-refractivity contribution < 1.29 is 54.7 Å². The lowest BCUT2D eigenvalue weighted by Crippen LogP contribution is -2.64. The number of rotatable bonds is 20. The van der Waals surface area contributed by atoms with Crippen molar-refractivity contribution >= 4 is 0 Å². The number of ether oxygens (including phenoxy) is 4. The molecule has 0 aromatic heterocycles. The van der Waals surface area contributed by atoms with Crippen LogP contribution >= 0.6 is 0 Å². The van der Waals surface area contributed by atoms with Gasteiger partial charge in [0.15, 0.2) is 12.6 Å². The molecule has 7 N–H and O–H groups in total. The molecule has 2 heterocycles. The molecular formula is C30H54O11. The van der Waals surface area contributed by atoms with Crippen molar-refractivity contribution in [1.82, 2.24) is 0 Å². The Balaban J connectivity index is 1.66. The van der Waals surface area contributed by atoms with Gasteiger partial charge >= 0.3 is 0 Å². The van der Waals surface area contributed by atoms with Crippen molar-refractivity contribution in [3.8, 4) is 0 Å². The number of hydrogen-bond acceptors (Lipinski definition) is 11. The van der Waals surface area contributed by atoms with Gasteiger partial charge in [0.25, 0.3) is 0 Å². The lowest BCUT2D eigenvalue weighted by atomic mass is 9.97. The molecule has 0 aromatic rings. The molecule has 0 spiro atoms. The number of unbranched alkanes of at least 4 members (excludes halogenated alkanes) is 9. The van der Waals surface area contributed by atoms with Crippen molar-refractivity contribution in [1.29, 1.82) is 0 Å². The van der Waals surface area contributed by atoms with Crippen molar-refractivity contribution in [2.45, 2.75) is 145 Å². The third-order valence-electron chi connectivity index (χ3n) is 7.61. The fourth-order valence-corrected chi connectivity index (χ4v) is 5.06. The van der Waals surface area contributed by atoms with Gasteiger partial charge in [0.2, 0.25) is 0 Å². The van der Waals surface area contributed by atoms with Crippen LogP contribution in [0, 0.1) is 0 Å². The third-order valence-corrected chi connectivity index (χ3v) is 7.61. The van der Waals surface area contributed by atoms with Gasteiger partial charge < -0.3 is 54.7 Å². The molecule has 240 valence electrons. The first kappa shape index (κ1) is 36.2. The predicted molar refractivity (Wildman–Crippen MR) is 152 cm³/mol. The highest BCUT2D eigenvalue weighted by Crippen LogP contribution is 2.29. The van der Waals surface area contributed by atoms with Crippen LogP contribution in [-0.2, 0) is 18.9 Å². The van der Waals surface area contributed by atoms with E-state index in [1.54, 1.807) is 0 Å². The van der Waals surface area contributed by atoms with Crippen molar-refractivity contribution in [3.63, 3.8) is 0 Å². The summed E-state index contributed by atoms with van der Waals surface area (Å²) in [6, 6.07) is 0. The maximum absolute atomic E-state index is 10.8. The molecule has 11 heteroatoms. The second-order valence-electron chi connectivity index (χ2n) is 11.0. The minimum Gasteiger partial charge on any atom is -0.394 e. The van der Waals surface area contributed by atoms with Gasteiger partial charge in [0.05, 0.1) is 13.2 Å². The molecule has 2 saturated heterocycles. The molecule has 0 amide bonds. The number of aliphatic hydroxyl groups is 7. The highest BCUT2D eigenvalue weighted by atomic mass is 16.7. The summed E-state index contributed by atoms with van der Waals surface area (Å²) >= 11 is 0. The van der Waals surface area contributed by atoms with E-state index in [4.69, 9.17) is 18.9 Å². The quantitative estimate of drug-likeness (QED) is 0.0806. The van der Waals surface area contributed by atoms with E-state index < -0.39 is 74.6 Å². The summed E-state index contributed by atoms with van der Waals surface area (Å²) in [6.45, 7) is 1.27. The predicted octanol–water partition coefficient (Wildman–Crippen LogP) is 1.44. The summed E-state index contributed by atoms with van der Waals surface area (Å²) in [6.07, 6.45) is 8.03. The van der Waals surface area contributed by atoms with Gasteiger partial charge in [-0.15, -0.1) is 0 Å². The Kier molecular flexibility index (Phi) is 18.4. The molecule has 0 saturated carbocycles. The third kappa shape index (κ3) is 12.3. The van der Waals surface area contributed by atoms with Crippen molar-refractivity contribution in [3.05, 3.63) is 24.3 Å². The first-order chi connectivity index (χ1) is 19.8. The summed E-state index contributed by atoms with van der Waals surface area (Å²) in [5.41, 5.74) is 0. The molecule has 2 rings (SSSR count). The van der Waals surface area contributed by atoms with Gasteiger partial charge in [0.1, 0.15) is 48.8 Å². The zero-order valence-electron chi connectivity index (χ0n) is 24.5. The number of aliphatic hydroxyl groups excluding tert-OH is 7. The van der Waals surface area contributed by atoms with E-state index in [0.717, 1.165) is 51.4 Å². The van der Waals surface area contributed by atoms with Crippen LogP contribution in [0.15, 0.2) is 24.3 Å².